The molecule has 0 aromatic heterocycles. The summed E-state index contributed by atoms with van der Waals surface area (Å²) >= 11 is 0. The molecule has 2 aliphatic rings. The second-order valence-electron chi connectivity index (χ2n) is 12.6. The fourth-order valence-electron chi connectivity index (χ4n) is 7.94. The molecule has 0 saturated carbocycles. The molecule has 0 bridgehead atoms. The van der Waals surface area contributed by atoms with E-state index in [0.717, 1.165) is 28.4 Å². The molecular weight excluding hydrogens is 689 g/mol. The Bertz CT molecular complexity index is 1820. The number of hydrogen-bond acceptors (Lipinski definition) is 12. The van der Waals surface area contributed by atoms with Crippen molar-refractivity contribution in [2.75, 3.05) is 51.5 Å². The first-order valence-corrected chi connectivity index (χ1v) is 19.3. The smallest absolute Gasteiger partial charge is 0.324 e. The zero-order chi connectivity index (χ0) is 36.5. The summed E-state index contributed by atoms with van der Waals surface area (Å²) in [6, 6.07) is 22.4. The summed E-state index contributed by atoms with van der Waals surface area (Å²) in [6.45, 7) is 0. The van der Waals surface area contributed by atoms with Crippen LogP contribution in [-0.4, -0.2) is 92.2 Å². The van der Waals surface area contributed by atoms with Gasteiger partial charge in [-0.1, -0.05) is 84.9 Å². The highest BCUT2D eigenvalue weighted by Crippen LogP contribution is 2.56. The maximum absolute atomic E-state index is 14.0. The molecule has 12 nitrogen and oxygen atoms in total. The fraction of sp³-hybridized carbons (Fsp3) is 0.389. The number of carbonyl (C=O) groups is 4. The van der Waals surface area contributed by atoms with Crippen LogP contribution in [0.5, 0.6) is 0 Å². The Balaban J connectivity index is 1.81. The Hall–Kier alpha value is -4.56. The van der Waals surface area contributed by atoms with Crippen molar-refractivity contribution in [2.24, 2.45) is 10.8 Å². The van der Waals surface area contributed by atoms with Crippen LogP contribution in [0.3, 0.4) is 0 Å². The molecule has 0 spiro atoms. The van der Waals surface area contributed by atoms with E-state index in [4.69, 9.17) is 18.9 Å². The normalized spacial score (nSPS) is 24.6. The summed E-state index contributed by atoms with van der Waals surface area (Å²) < 4.78 is 75.5. The van der Waals surface area contributed by atoms with E-state index >= 15 is 0 Å². The van der Waals surface area contributed by atoms with Crippen LogP contribution in [0.2, 0.25) is 0 Å². The lowest BCUT2D eigenvalue weighted by Crippen LogP contribution is -2.57. The maximum atomic E-state index is 14.0. The number of carbonyl (C=O) groups excluding carboxylic acids is 4. The molecule has 2 heterocycles. The Morgan fingerprint density at radius 2 is 0.720 bits per heavy atom. The molecule has 4 atom stereocenters. The van der Waals surface area contributed by atoms with Crippen molar-refractivity contribution >= 4 is 43.6 Å². The second kappa shape index (κ2) is 14.0. The van der Waals surface area contributed by atoms with Gasteiger partial charge in [0.05, 0.1) is 51.5 Å². The number of rotatable bonds is 8. The van der Waals surface area contributed by atoms with Gasteiger partial charge in [0, 0.05) is 23.7 Å². The van der Waals surface area contributed by atoms with Crippen molar-refractivity contribution in [1.29, 1.82) is 0 Å². The van der Waals surface area contributed by atoms with Gasteiger partial charge in [-0.25, -0.2) is 16.8 Å². The zero-order valence-electron chi connectivity index (χ0n) is 27.9. The van der Waals surface area contributed by atoms with Crippen LogP contribution in [0.1, 0.15) is 45.9 Å². The molecule has 0 N–H and O–H groups in total. The third kappa shape index (κ3) is 6.08. The lowest BCUT2D eigenvalue weighted by atomic mass is 9.61. The molecule has 3 unspecified atom stereocenters. The molecule has 14 heteroatoms. The average molecular weight is 727 g/mol. The predicted molar refractivity (Wildman–Crippen MR) is 181 cm³/mol. The first kappa shape index (κ1) is 36.7. The summed E-state index contributed by atoms with van der Waals surface area (Å²) in [5.41, 5.74) is -3.36. The van der Waals surface area contributed by atoms with Gasteiger partial charge in [-0.15, -0.1) is 0 Å². The number of sulfone groups is 2. The molecule has 0 aliphatic carbocycles. The van der Waals surface area contributed by atoms with E-state index in [1.165, 1.54) is 24.3 Å². The van der Waals surface area contributed by atoms with Crippen LogP contribution >= 0.6 is 0 Å². The Kier molecular flexibility index (Phi) is 10.3. The minimum atomic E-state index is -3.95. The second-order valence-corrected chi connectivity index (χ2v) is 16.9. The van der Waals surface area contributed by atoms with E-state index in [9.17, 15) is 36.0 Å². The Morgan fingerprint density at radius 3 is 1.00 bits per heavy atom. The monoisotopic (exact) mass is 726 g/mol. The predicted octanol–water partition coefficient (Wildman–Crippen LogP) is 2.94. The van der Waals surface area contributed by atoms with Gasteiger partial charge in [-0.2, -0.15) is 0 Å². The van der Waals surface area contributed by atoms with E-state index in [1.54, 1.807) is 60.7 Å². The van der Waals surface area contributed by atoms with Crippen LogP contribution in [-0.2, 0) is 57.8 Å². The van der Waals surface area contributed by atoms with Crippen LogP contribution in [0.4, 0.5) is 0 Å². The third-order valence-corrected chi connectivity index (χ3v) is 13.5. The minimum absolute atomic E-state index is 0.144. The van der Waals surface area contributed by atoms with Crippen molar-refractivity contribution in [3.8, 4) is 0 Å². The van der Waals surface area contributed by atoms with Crippen molar-refractivity contribution in [3.63, 3.8) is 0 Å². The highest BCUT2D eigenvalue weighted by atomic mass is 32.2. The van der Waals surface area contributed by atoms with Gasteiger partial charge in [0.2, 0.25) is 0 Å². The molecule has 3 aromatic rings. The van der Waals surface area contributed by atoms with Gasteiger partial charge in [0.1, 0.15) is 0 Å². The quantitative estimate of drug-likeness (QED) is 0.189. The van der Waals surface area contributed by atoms with Crippen LogP contribution in [0, 0.1) is 10.8 Å². The van der Waals surface area contributed by atoms with E-state index in [2.05, 4.69) is 0 Å². The Morgan fingerprint density at radius 1 is 0.460 bits per heavy atom. The number of esters is 4. The van der Waals surface area contributed by atoms with Crippen molar-refractivity contribution in [1.82, 2.24) is 0 Å². The topological polar surface area (TPSA) is 173 Å². The largest absolute Gasteiger partial charge is 0.468 e. The van der Waals surface area contributed by atoms with Crippen LogP contribution < -0.4 is 0 Å². The molecule has 2 saturated heterocycles. The number of methoxy groups -OCH3 is 4. The van der Waals surface area contributed by atoms with Crippen molar-refractivity contribution in [2.45, 2.75) is 23.7 Å². The number of ether oxygens (including phenoxy) is 4. The molecule has 5 rings (SSSR count). The first-order chi connectivity index (χ1) is 23.7. The summed E-state index contributed by atoms with van der Waals surface area (Å²) in [6.07, 6.45) is 0. The highest BCUT2D eigenvalue weighted by molar-refractivity contribution is 7.91. The van der Waals surface area contributed by atoms with Gasteiger partial charge < -0.3 is 18.9 Å². The minimum Gasteiger partial charge on any atom is -0.468 e. The lowest BCUT2D eigenvalue weighted by molar-refractivity contribution is -0.174. The summed E-state index contributed by atoms with van der Waals surface area (Å²) in [5.74, 6) is -11.8. The molecule has 3 aromatic carbocycles. The zero-order valence-corrected chi connectivity index (χ0v) is 29.6. The summed E-state index contributed by atoms with van der Waals surface area (Å²) in [5, 5.41) is 0. The molecule has 2 fully saturated rings. The molecular formula is C36H38O12S2. The van der Waals surface area contributed by atoms with Crippen LogP contribution in [0.25, 0.3) is 0 Å². The SMILES string of the molecule is COC(=O)C1(C(=O)OC)C(c2ccccc2)CS(=O)(=O)CC1c1cccc(C2CS(=O)(=O)C[C@H](c3ccccc3)C2(C(=O)OC)C(=O)OC)c1. The molecule has 0 amide bonds. The number of benzene rings is 3. The van der Waals surface area contributed by atoms with E-state index < -0.39 is 101 Å². The van der Waals surface area contributed by atoms with Gasteiger partial charge in [0.25, 0.3) is 0 Å². The van der Waals surface area contributed by atoms with E-state index in [0.29, 0.717) is 11.1 Å². The summed E-state index contributed by atoms with van der Waals surface area (Å²) in [4.78, 5) is 55.9. The lowest BCUT2D eigenvalue weighted by Gasteiger charge is -2.46. The Labute approximate surface area is 290 Å². The maximum Gasteiger partial charge on any atom is 0.324 e. The molecule has 50 heavy (non-hydrogen) atoms. The summed E-state index contributed by atoms with van der Waals surface area (Å²) in [7, 11) is -3.55. The molecule has 2 aliphatic heterocycles. The van der Waals surface area contributed by atoms with Gasteiger partial charge >= 0.3 is 23.9 Å². The van der Waals surface area contributed by atoms with E-state index in [-0.39, 0.29) is 11.1 Å². The molecule has 0 radical (unpaired) electrons. The van der Waals surface area contributed by atoms with Crippen molar-refractivity contribution < 1.29 is 55.0 Å². The van der Waals surface area contributed by atoms with Crippen LogP contribution in [0.15, 0.2) is 84.9 Å². The van der Waals surface area contributed by atoms with Gasteiger partial charge in [-0.05, 0) is 22.3 Å². The number of hydrogen-bond donors (Lipinski definition) is 0. The van der Waals surface area contributed by atoms with Gasteiger partial charge in [0.15, 0.2) is 30.5 Å². The van der Waals surface area contributed by atoms with Gasteiger partial charge in [-0.3, -0.25) is 19.2 Å². The van der Waals surface area contributed by atoms with E-state index in [1.807, 2.05) is 0 Å². The highest BCUT2D eigenvalue weighted by Gasteiger charge is 2.66. The molecule has 266 valence electrons. The third-order valence-electron chi connectivity index (χ3n) is 10.1. The fourth-order valence-corrected chi connectivity index (χ4v) is 12.1. The van der Waals surface area contributed by atoms with Crippen molar-refractivity contribution in [3.05, 3.63) is 107 Å². The first-order valence-electron chi connectivity index (χ1n) is 15.7. The standard InChI is InChI=1S/C36H38O12S2/c1-45-31(37)35(32(38)46-2)27(23-12-7-5-8-13-23)19-49(41,42)21-29(35)25-16-11-17-26(18-25)30-22-50(43,44)20-28(24-14-9-6-10-15-24)36(30,33(39)47-3)34(40)48-4/h5-18,27-30H,19-22H2,1-4H3/t27-,28?,29?,30?/m1/s1. The average Bonchev–Trinajstić information content (AvgIpc) is 3.13.